The molecule has 2 fully saturated rings. The number of amides is 1. The molecule has 1 aliphatic heterocycles. The highest BCUT2D eigenvalue weighted by atomic mass is 16.1. The minimum Gasteiger partial charge on any atom is -0.369 e. The highest BCUT2D eigenvalue weighted by molar-refractivity contribution is 5.76. The second-order valence-electron chi connectivity index (χ2n) is 4.98. The Bertz CT molecular complexity index is 216. The number of carbonyl (C=O) groups is 1. The first-order valence-electron chi connectivity index (χ1n) is 5.72. The van der Waals surface area contributed by atoms with E-state index in [0.717, 1.165) is 25.9 Å². The van der Waals surface area contributed by atoms with Crippen molar-refractivity contribution >= 4 is 5.91 Å². The largest absolute Gasteiger partial charge is 0.369 e. The van der Waals surface area contributed by atoms with Crippen molar-refractivity contribution in [2.75, 3.05) is 13.1 Å². The lowest BCUT2D eigenvalue weighted by Gasteiger charge is -2.43. The van der Waals surface area contributed by atoms with Crippen LogP contribution in [0.1, 0.15) is 38.5 Å². The third-order valence-corrected chi connectivity index (χ3v) is 3.90. The van der Waals surface area contributed by atoms with Crippen molar-refractivity contribution in [1.82, 2.24) is 5.32 Å². The predicted octanol–water partition coefficient (Wildman–Crippen LogP) is 1.03. The quantitative estimate of drug-likeness (QED) is 0.658. The number of carbonyl (C=O) groups excluding carboxylic acids is 1. The summed E-state index contributed by atoms with van der Waals surface area (Å²) >= 11 is 0. The summed E-state index contributed by atoms with van der Waals surface area (Å²) in [6, 6.07) is 0. The summed E-state index contributed by atoms with van der Waals surface area (Å²) in [5, 5.41) is 3.45. The molecule has 3 N–H and O–H groups in total. The van der Waals surface area contributed by atoms with Gasteiger partial charge in [0.2, 0.25) is 5.91 Å². The molecular formula is C11H20N2O. The van der Waals surface area contributed by atoms with Crippen LogP contribution in [-0.4, -0.2) is 19.0 Å². The summed E-state index contributed by atoms with van der Waals surface area (Å²) in [7, 11) is 0. The Labute approximate surface area is 85.4 Å². The van der Waals surface area contributed by atoms with Gasteiger partial charge in [-0.05, 0) is 44.1 Å². The molecule has 2 rings (SSSR count). The smallest absolute Gasteiger partial charge is 0.220 e. The number of rotatable bonds is 1. The maximum absolute atomic E-state index is 11.2. The lowest BCUT2D eigenvalue weighted by Crippen LogP contribution is -2.45. The van der Waals surface area contributed by atoms with Gasteiger partial charge in [-0.2, -0.15) is 0 Å². The van der Waals surface area contributed by atoms with Crippen LogP contribution in [0.15, 0.2) is 0 Å². The van der Waals surface area contributed by atoms with Crippen molar-refractivity contribution in [3.8, 4) is 0 Å². The standard InChI is InChI=1S/C11H20N2O/c12-10(14)9-3-1-4-11(7-9)5-2-6-13-8-11/h9,13H,1-8H2,(H2,12,14). The van der Waals surface area contributed by atoms with E-state index >= 15 is 0 Å². The van der Waals surface area contributed by atoms with Crippen molar-refractivity contribution < 1.29 is 4.79 Å². The molecular weight excluding hydrogens is 176 g/mol. The second kappa shape index (κ2) is 3.89. The zero-order valence-electron chi connectivity index (χ0n) is 8.72. The van der Waals surface area contributed by atoms with Gasteiger partial charge in [0.15, 0.2) is 0 Å². The SMILES string of the molecule is NC(=O)C1CCCC2(CCCNC2)C1. The van der Waals surface area contributed by atoms with Gasteiger partial charge in [0.05, 0.1) is 0 Å². The van der Waals surface area contributed by atoms with Crippen LogP contribution in [0, 0.1) is 11.3 Å². The Morgan fingerprint density at radius 3 is 2.79 bits per heavy atom. The van der Waals surface area contributed by atoms with Crippen LogP contribution in [0.4, 0.5) is 0 Å². The van der Waals surface area contributed by atoms with E-state index in [9.17, 15) is 4.79 Å². The zero-order chi connectivity index (χ0) is 10.0. The van der Waals surface area contributed by atoms with Gasteiger partial charge in [0, 0.05) is 12.5 Å². The minimum absolute atomic E-state index is 0.0883. The third kappa shape index (κ3) is 1.92. The van der Waals surface area contributed by atoms with E-state index in [-0.39, 0.29) is 11.8 Å². The van der Waals surface area contributed by atoms with Gasteiger partial charge in [-0.15, -0.1) is 0 Å². The van der Waals surface area contributed by atoms with Gasteiger partial charge in [-0.3, -0.25) is 4.79 Å². The van der Waals surface area contributed by atoms with E-state index in [0.29, 0.717) is 5.41 Å². The Kier molecular flexibility index (Phi) is 2.77. The van der Waals surface area contributed by atoms with Gasteiger partial charge in [-0.1, -0.05) is 6.42 Å². The molecule has 0 bridgehead atoms. The maximum Gasteiger partial charge on any atom is 0.220 e. The molecule has 3 nitrogen and oxygen atoms in total. The van der Waals surface area contributed by atoms with Gasteiger partial charge >= 0.3 is 0 Å². The predicted molar refractivity (Wildman–Crippen MR) is 55.7 cm³/mol. The van der Waals surface area contributed by atoms with Crippen molar-refractivity contribution in [1.29, 1.82) is 0 Å². The number of nitrogens with two attached hydrogens (primary N) is 1. The molecule has 0 aromatic carbocycles. The minimum atomic E-state index is -0.0883. The summed E-state index contributed by atoms with van der Waals surface area (Å²) in [6.45, 7) is 2.24. The fraction of sp³-hybridized carbons (Fsp3) is 0.909. The summed E-state index contributed by atoms with van der Waals surface area (Å²) < 4.78 is 0. The highest BCUT2D eigenvalue weighted by Gasteiger charge is 2.38. The molecule has 1 spiro atoms. The normalized spacial score (nSPS) is 38.4. The van der Waals surface area contributed by atoms with Crippen LogP contribution in [0.3, 0.4) is 0 Å². The number of piperidine rings is 1. The second-order valence-corrected chi connectivity index (χ2v) is 4.98. The molecule has 2 aliphatic rings. The van der Waals surface area contributed by atoms with Crippen LogP contribution in [0.25, 0.3) is 0 Å². The number of nitrogens with one attached hydrogen (secondary N) is 1. The number of primary amides is 1. The van der Waals surface area contributed by atoms with Gasteiger partial charge in [-0.25, -0.2) is 0 Å². The van der Waals surface area contributed by atoms with Gasteiger partial charge in [0.25, 0.3) is 0 Å². The molecule has 0 aromatic heterocycles. The van der Waals surface area contributed by atoms with Crippen LogP contribution in [0.2, 0.25) is 0 Å². The maximum atomic E-state index is 11.2. The molecule has 3 heteroatoms. The fourth-order valence-electron chi connectivity index (χ4n) is 3.11. The summed E-state index contributed by atoms with van der Waals surface area (Å²) in [5.41, 5.74) is 5.80. The molecule has 0 radical (unpaired) electrons. The molecule has 2 atom stereocenters. The van der Waals surface area contributed by atoms with Crippen molar-refractivity contribution in [3.63, 3.8) is 0 Å². The average Bonchev–Trinajstić information content (AvgIpc) is 2.19. The first kappa shape index (κ1) is 9.97. The first-order chi connectivity index (χ1) is 6.72. The third-order valence-electron chi connectivity index (χ3n) is 3.90. The summed E-state index contributed by atoms with van der Waals surface area (Å²) in [4.78, 5) is 11.2. The molecule has 1 amide bonds. The van der Waals surface area contributed by atoms with E-state index in [1.807, 2.05) is 0 Å². The molecule has 1 aliphatic carbocycles. The molecule has 80 valence electrons. The summed E-state index contributed by atoms with van der Waals surface area (Å²) in [5.74, 6) is 0.0540. The highest BCUT2D eigenvalue weighted by Crippen LogP contribution is 2.43. The van der Waals surface area contributed by atoms with E-state index < -0.39 is 0 Å². The fourth-order valence-corrected chi connectivity index (χ4v) is 3.11. The first-order valence-corrected chi connectivity index (χ1v) is 5.72. The molecule has 1 saturated carbocycles. The molecule has 14 heavy (non-hydrogen) atoms. The van der Waals surface area contributed by atoms with Crippen molar-refractivity contribution in [3.05, 3.63) is 0 Å². The molecule has 1 saturated heterocycles. The van der Waals surface area contributed by atoms with Crippen LogP contribution in [0.5, 0.6) is 0 Å². The van der Waals surface area contributed by atoms with Gasteiger partial charge < -0.3 is 11.1 Å². The average molecular weight is 196 g/mol. The van der Waals surface area contributed by atoms with E-state index in [1.165, 1.54) is 25.7 Å². The van der Waals surface area contributed by atoms with E-state index in [2.05, 4.69) is 5.32 Å². The Hall–Kier alpha value is -0.570. The lowest BCUT2D eigenvalue weighted by atomic mass is 9.66. The lowest BCUT2D eigenvalue weighted by molar-refractivity contribution is -0.124. The molecule has 2 unspecified atom stereocenters. The van der Waals surface area contributed by atoms with Crippen LogP contribution >= 0.6 is 0 Å². The Morgan fingerprint density at radius 2 is 2.14 bits per heavy atom. The Morgan fingerprint density at radius 1 is 1.36 bits per heavy atom. The van der Waals surface area contributed by atoms with Crippen LogP contribution in [-0.2, 0) is 4.79 Å². The topological polar surface area (TPSA) is 55.1 Å². The van der Waals surface area contributed by atoms with Crippen molar-refractivity contribution in [2.45, 2.75) is 38.5 Å². The number of hydrogen-bond acceptors (Lipinski definition) is 2. The van der Waals surface area contributed by atoms with Crippen LogP contribution < -0.4 is 11.1 Å². The van der Waals surface area contributed by atoms with E-state index in [1.54, 1.807) is 0 Å². The van der Waals surface area contributed by atoms with Crippen molar-refractivity contribution in [2.24, 2.45) is 17.1 Å². The molecule has 0 aromatic rings. The van der Waals surface area contributed by atoms with Gasteiger partial charge in [0.1, 0.15) is 0 Å². The molecule has 1 heterocycles. The Balaban J connectivity index is 2.01. The summed E-state index contributed by atoms with van der Waals surface area (Å²) in [6.07, 6.45) is 7.03. The van der Waals surface area contributed by atoms with E-state index in [4.69, 9.17) is 5.73 Å². The number of hydrogen-bond donors (Lipinski definition) is 2. The monoisotopic (exact) mass is 196 g/mol. The zero-order valence-corrected chi connectivity index (χ0v) is 8.72.